The molecule has 4 nitrogen and oxygen atoms in total. The zero-order valence-corrected chi connectivity index (χ0v) is 13.6. The fourth-order valence-electron chi connectivity index (χ4n) is 2.24. The molecule has 0 saturated carbocycles. The third-order valence-corrected chi connectivity index (χ3v) is 3.73. The van der Waals surface area contributed by atoms with Gasteiger partial charge in [-0.25, -0.2) is 4.79 Å². The molecule has 2 aromatic carbocycles. The molecule has 2 rings (SSSR count). The van der Waals surface area contributed by atoms with E-state index >= 15 is 0 Å². The maximum absolute atomic E-state index is 12.7. The predicted molar refractivity (Wildman–Crippen MR) is 90.5 cm³/mol. The summed E-state index contributed by atoms with van der Waals surface area (Å²) in [6.07, 6.45) is 0. The van der Waals surface area contributed by atoms with Gasteiger partial charge >= 0.3 is 5.97 Å². The lowest BCUT2D eigenvalue weighted by Gasteiger charge is -2.24. The lowest BCUT2D eigenvalue weighted by Crippen LogP contribution is -2.35. The van der Waals surface area contributed by atoms with Crippen LogP contribution in [-0.4, -0.2) is 18.5 Å². The number of ether oxygens (including phenoxy) is 1. The lowest BCUT2D eigenvalue weighted by molar-refractivity contribution is -0.120. The quantitative estimate of drug-likeness (QED) is 0.855. The van der Waals surface area contributed by atoms with Gasteiger partial charge in [0, 0.05) is 0 Å². The molecule has 0 aromatic heterocycles. The lowest BCUT2D eigenvalue weighted by atomic mass is 9.83. The highest BCUT2D eigenvalue weighted by Gasteiger charge is 2.30. The van der Waals surface area contributed by atoms with Gasteiger partial charge in [-0.3, -0.25) is 4.79 Å². The zero-order chi connectivity index (χ0) is 16.9. The number of amides is 1. The Morgan fingerprint density at radius 1 is 1.00 bits per heavy atom. The molecule has 0 aliphatic rings. The smallest absolute Gasteiger partial charge is 0.340 e. The van der Waals surface area contributed by atoms with Crippen LogP contribution < -0.4 is 5.32 Å². The fourth-order valence-corrected chi connectivity index (χ4v) is 2.24. The molecule has 0 radical (unpaired) electrons. The van der Waals surface area contributed by atoms with Crippen molar-refractivity contribution < 1.29 is 14.3 Å². The van der Waals surface area contributed by atoms with Crippen LogP contribution in [0, 0.1) is 0 Å². The maximum atomic E-state index is 12.7. The molecular formula is C19H21NO3. The number of nitrogens with one attached hydrogen (secondary N) is 1. The van der Waals surface area contributed by atoms with Crippen LogP contribution in [0.25, 0.3) is 0 Å². The number of hydrogen-bond donors (Lipinski definition) is 1. The van der Waals surface area contributed by atoms with E-state index in [1.807, 2.05) is 44.2 Å². The first-order valence-electron chi connectivity index (χ1n) is 7.60. The van der Waals surface area contributed by atoms with Gasteiger partial charge in [-0.1, -0.05) is 42.5 Å². The average molecular weight is 311 g/mol. The van der Waals surface area contributed by atoms with Crippen molar-refractivity contribution >= 4 is 17.6 Å². The minimum absolute atomic E-state index is 0.180. The van der Waals surface area contributed by atoms with Gasteiger partial charge in [0.15, 0.2) is 0 Å². The second-order valence-electron chi connectivity index (χ2n) is 5.71. The number of anilines is 1. The molecule has 0 aliphatic carbocycles. The van der Waals surface area contributed by atoms with Gasteiger partial charge in [0.1, 0.15) is 0 Å². The van der Waals surface area contributed by atoms with Crippen LogP contribution in [0.15, 0.2) is 54.6 Å². The Kier molecular flexibility index (Phi) is 5.16. The average Bonchev–Trinajstić information content (AvgIpc) is 2.56. The molecule has 0 fully saturated rings. The summed E-state index contributed by atoms with van der Waals surface area (Å²) in [7, 11) is 0. The highest BCUT2D eigenvalue weighted by atomic mass is 16.5. The van der Waals surface area contributed by atoms with Gasteiger partial charge in [-0.2, -0.15) is 0 Å². The Balaban J connectivity index is 2.26. The summed E-state index contributed by atoms with van der Waals surface area (Å²) >= 11 is 0. The van der Waals surface area contributed by atoms with Gasteiger partial charge in [-0.15, -0.1) is 0 Å². The van der Waals surface area contributed by atoms with E-state index in [1.165, 1.54) is 0 Å². The summed E-state index contributed by atoms with van der Waals surface area (Å²) in [5, 5.41) is 2.85. The van der Waals surface area contributed by atoms with Crippen molar-refractivity contribution in [3.05, 3.63) is 65.7 Å². The van der Waals surface area contributed by atoms with Crippen LogP contribution in [-0.2, 0) is 14.9 Å². The van der Waals surface area contributed by atoms with Crippen molar-refractivity contribution in [1.82, 2.24) is 0 Å². The van der Waals surface area contributed by atoms with Crippen LogP contribution >= 0.6 is 0 Å². The van der Waals surface area contributed by atoms with Gasteiger partial charge in [-0.05, 0) is 38.5 Å². The minimum atomic E-state index is -0.719. The number of carbonyl (C=O) groups excluding carboxylic acids is 2. The summed E-state index contributed by atoms with van der Waals surface area (Å²) in [5.41, 5.74) is 1.00. The van der Waals surface area contributed by atoms with E-state index in [-0.39, 0.29) is 12.5 Å². The van der Waals surface area contributed by atoms with Gasteiger partial charge < -0.3 is 10.1 Å². The topological polar surface area (TPSA) is 55.4 Å². The molecule has 0 aliphatic heterocycles. The normalized spacial score (nSPS) is 10.9. The van der Waals surface area contributed by atoms with E-state index in [2.05, 4.69) is 5.32 Å². The second kappa shape index (κ2) is 7.09. The van der Waals surface area contributed by atoms with E-state index in [0.29, 0.717) is 11.3 Å². The maximum Gasteiger partial charge on any atom is 0.340 e. The first kappa shape index (κ1) is 16.7. The van der Waals surface area contributed by atoms with Crippen molar-refractivity contribution in [2.75, 3.05) is 11.9 Å². The van der Waals surface area contributed by atoms with Gasteiger partial charge in [0.25, 0.3) is 0 Å². The predicted octanol–water partition coefficient (Wildman–Crippen LogP) is 3.78. The molecule has 0 atom stereocenters. The van der Waals surface area contributed by atoms with Crippen molar-refractivity contribution in [1.29, 1.82) is 0 Å². The Bertz CT molecular complexity index is 693. The molecule has 23 heavy (non-hydrogen) atoms. The van der Waals surface area contributed by atoms with E-state index in [0.717, 1.165) is 5.56 Å². The first-order valence-corrected chi connectivity index (χ1v) is 7.60. The van der Waals surface area contributed by atoms with Crippen LogP contribution in [0.2, 0.25) is 0 Å². The molecule has 0 saturated heterocycles. The fraction of sp³-hybridized carbons (Fsp3) is 0.263. The van der Waals surface area contributed by atoms with Crippen molar-refractivity contribution in [2.45, 2.75) is 26.2 Å². The van der Waals surface area contributed by atoms with E-state index in [1.54, 1.807) is 31.2 Å². The molecule has 1 N–H and O–H groups in total. The summed E-state index contributed by atoms with van der Waals surface area (Å²) in [6, 6.07) is 16.4. The standard InChI is InChI=1S/C19H21NO3/c1-4-23-17(21)15-12-8-9-13-16(15)20-18(22)19(2,3)14-10-6-5-7-11-14/h5-13H,4H2,1-3H3,(H,20,22). The monoisotopic (exact) mass is 311 g/mol. The van der Waals surface area contributed by atoms with E-state index in [4.69, 9.17) is 4.74 Å². The number of hydrogen-bond acceptors (Lipinski definition) is 3. The molecule has 0 heterocycles. The van der Waals surface area contributed by atoms with Gasteiger partial charge in [0.2, 0.25) is 5.91 Å². The number of rotatable bonds is 5. The minimum Gasteiger partial charge on any atom is -0.462 e. The summed E-state index contributed by atoms with van der Waals surface area (Å²) in [5.74, 6) is -0.624. The Labute approximate surface area is 136 Å². The largest absolute Gasteiger partial charge is 0.462 e. The molecule has 0 spiro atoms. The molecule has 4 heteroatoms. The zero-order valence-electron chi connectivity index (χ0n) is 13.6. The van der Waals surface area contributed by atoms with Crippen LogP contribution in [0.5, 0.6) is 0 Å². The second-order valence-corrected chi connectivity index (χ2v) is 5.71. The van der Waals surface area contributed by atoms with Crippen molar-refractivity contribution in [3.8, 4) is 0 Å². The van der Waals surface area contributed by atoms with Crippen LogP contribution in [0.4, 0.5) is 5.69 Å². The van der Waals surface area contributed by atoms with Crippen LogP contribution in [0.1, 0.15) is 36.7 Å². The summed E-state index contributed by atoms with van der Waals surface area (Å²) in [4.78, 5) is 24.7. The summed E-state index contributed by atoms with van der Waals surface area (Å²) < 4.78 is 5.03. The van der Waals surface area contributed by atoms with E-state index in [9.17, 15) is 9.59 Å². The Morgan fingerprint density at radius 3 is 2.26 bits per heavy atom. The number of esters is 1. The third-order valence-electron chi connectivity index (χ3n) is 3.73. The molecule has 2 aromatic rings. The highest BCUT2D eigenvalue weighted by molar-refractivity contribution is 6.04. The number of benzene rings is 2. The van der Waals surface area contributed by atoms with E-state index < -0.39 is 11.4 Å². The third kappa shape index (κ3) is 3.77. The molecule has 1 amide bonds. The number of carbonyl (C=O) groups is 2. The van der Waals surface area contributed by atoms with Gasteiger partial charge in [0.05, 0.1) is 23.3 Å². The Hall–Kier alpha value is -2.62. The SMILES string of the molecule is CCOC(=O)c1ccccc1NC(=O)C(C)(C)c1ccccc1. The first-order chi connectivity index (χ1) is 11.0. The molecule has 120 valence electrons. The molecule has 0 bridgehead atoms. The van der Waals surface area contributed by atoms with Crippen molar-refractivity contribution in [3.63, 3.8) is 0 Å². The number of para-hydroxylation sites is 1. The summed E-state index contributed by atoms with van der Waals surface area (Å²) in [6.45, 7) is 5.74. The Morgan fingerprint density at radius 2 is 1.61 bits per heavy atom. The highest BCUT2D eigenvalue weighted by Crippen LogP contribution is 2.26. The molecule has 0 unspecified atom stereocenters. The van der Waals surface area contributed by atoms with Crippen molar-refractivity contribution in [2.24, 2.45) is 0 Å². The van der Waals surface area contributed by atoms with Crippen LogP contribution in [0.3, 0.4) is 0 Å². The molecular weight excluding hydrogens is 290 g/mol.